The number of halogens is 2. The first-order chi connectivity index (χ1) is 14.5. The number of nitrogens with zero attached hydrogens (tertiary/aromatic N) is 2. The van der Waals surface area contributed by atoms with Gasteiger partial charge in [0.05, 0.1) is 5.02 Å². The quantitative estimate of drug-likeness (QED) is 0.397. The van der Waals surface area contributed by atoms with Crippen molar-refractivity contribution in [3.8, 4) is 0 Å². The summed E-state index contributed by atoms with van der Waals surface area (Å²) in [6.07, 6.45) is 6.99. The molecule has 0 amide bonds. The SMILES string of the molecule is CS.NS(=O)(=O)c1cnccc1Cl.NS(=O)(=O)c1cnccc1Sc1ccc(Br)cc1. The van der Waals surface area contributed by atoms with Crippen molar-refractivity contribution in [3.63, 3.8) is 0 Å². The summed E-state index contributed by atoms with van der Waals surface area (Å²) in [7, 11) is -7.48. The van der Waals surface area contributed by atoms with Gasteiger partial charge in [-0.3, -0.25) is 9.97 Å². The summed E-state index contributed by atoms with van der Waals surface area (Å²) in [6, 6.07) is 10.6. The monoisotopic (exact) mass is 584 g/mol. The van der Waals surface area contributed by atoms with Crippen LogP contribution < -0.4 is 10.3 Å². The van der Waals surface area contributed by atoms with Crippen LogP contribution in [0.2, 0.25) is 5.02 Å². The molecule has 31 heavy (non-hydrogen) atoms. The molecule has 0 radical (unpaired) electrons. The minimum absolute atomic E-state index is 0.0397. The van der Waals surface area contributed by atoms with E-state index in [2.05, 4.69) is 38.5 Å². The van der Waals surface area contributed by atoms with Crippen molar-refractivity contribution in [1.82, 2.24) is 9.97 Å². The lowest BCUT2D eigenvalue weighted by molar-refractivity contribution is 0.594. The maximum absolute atomic E-state index is 11.4. The highest BCUT2D eigenvalue weighted by Crippen LogP contribution is 2.32. The van der Waals surface area contributed by atoms with E-state index in [9.17, 15) is 16.8 Å². The Labute approximate surface area is 204 Å². The van der Waals surface area contributed by atoms with Gasteiger partial charge in [0.15, 0.2) is 0 Å². The van der Waals surface area contributed by atoms with Crippen molar-refractivity contribution >= 4 is 72.0 Å². The van der Waals surface area contributed by atoms with Gasteiger partial charge in [0.25, 0.3) is 0 Å². The zero-order valence-corrected chi connectivity index (χ0v) is 21.6. The molecular weight excluding hydrogens is 568 g/mol. The second kappa shape index (κ2) is 12.7. The maximum atomic E-state index is 11.4. The molecule has 0 atom stereocenters. The number of aromatic nitrogens is 2. The summed E-state index contributed by atoms with van der Waals surface area (Å²) in [4.78, 5) is 8.73. The number of benzene rings is 1. The fourth-order valence-corrected chi connectivity index (χ4v) is 4.94. The molecule has 0 unspecified atom stereocenters. The van der Waals surface area contributed by atoms with Gasteiger partial charge >= 0.3 is 0 Å². The van der Waals surface area contributed by atoms with Crippen molar-refractivity contribution in [3.05, 3.63) is 70.7 Å². The normalized spacial score (nSPS) is 10.9. The standard InChI is InChI=1S/C11H9BrN2O2S2.C5H5ClN2O2S.CH4S/c12-8-1-3-9(4-2-8)17-10-5-6-14-7-11(10)18(13,15)16;6-4-1-2-8-3-5(4)11(7,9)10;1-2/h1-7H,(H2,13,15,16);1-3H,(H2,7,9,10);2H,1H3. The van der Waals surface area contributed by atoms with E-state index >= 15 is 0 Å². The first-order valence-corrected chi connectivity index (χ1v) is 13.9. The van der Waals surface area contributed by atoms with Gasteiger partial charge < -0.3 is 0 Å². The highest BCUT2D eigenvalue weighted by molar-refractivity contribution is 9.10. The highest BCUT2D eigenvalue weighted by Gasteiger charge is 2.14. The highest BCUT2D eigenvalue weighted by atomic mass is 79.9. The predicted octanol–water partition coefficient (Wildman–Crippen LogP) is 3.57. The molecule has 0 aliphatic heterocycles. The molecule has 0 spiro atoms. The molecule has 0 aliphatic rings. The summed E-state index contributed by atoms with van der Waals surface area (Å²) in [5.41, 5.74) is 0. The number of nitrogens with two attached hydrogens (primary N) is 2. The molecule has 14 heteroatoms. The van der Waals surface area contributed by atoms with Crippen LogP contribution >= 0.6 is 51.9 Å². The molecule has 8 nitrogen and oxygen atoms in total. The predicted molar refractivity (Wildman–Crippen MR) is 129 cm³/mol. The van der Waals surface area contributed by atoms with Crippen LogP contribution in [0.1, 0.15) is 0 Å². The van der Waals surface area contributed by atoms with Crippen LogP contribution in [0.4, 0.5) is 0 Å². The Bertz CT molecular complexity index is 1210. The molecule has 4 N–H and O–H groups in total. The van der Waals surface area contributed by atoms with Gasteiger partial charge in [-0.05, 0) is 42.7 Å². The minimum atomic E-state index is -3.75. The molecule has 1 aromatic carbocycles. The number of hydrogen-bond acceptors (Lipinski definition) is 8. The minimum Gasteiger partial charge on any atom is -0.263 e. The molecule has 0 bridgehead atoms. The van der Waals surface area contributed by atoms with Crippen LogP contribution in [0.25, 0.3) is 0 Å². The first-order valence-electron chi connectivity index (χ1n) is 7.96. The molecule has 3 aromatic rings. The van der Waals surface area contributed by atoms with Crippen LogP contribution in [-0.2, 0) is 20.0 Å². The van der Waals surface area contributed by atoms with Crippen molar-refractivity contribution in [2.75, 3.05) is 6.26 Å². The fraction of sp³-hybridized carbons (Fsp3) is 0.0588. The Morgan fingerprint density at radius 3 is 1.81 bits per heavy atom. The molecule has 2 heterocycles. The molecule has 0 saturated carbocycles. The van der Waals surface area contributed by atoms with Gasteiger partial charge in [0.2, 0.25) is 20.0 Å². The molecule has 168 valence electrons. The van der Waals surface area contributed by atoms with Gasteiger partial charge in [0.1, 0.15) is 9.79 Å². The lowest BCUT2D eigenvalue weighted by atomic mass is 10.4. The smallest absolute Gasteiger partial charge is 0.241 e. The third kappa shape index (κ3) is 9.45. The lowest BCUT2D eigenvalue weighted by Crippen LogP contribution is -2.13. The Morgan fingerprint density at radius 1 is 0.871 bits per heavy atom. The van der Waals surface area contributed by atoms with Crippen LogP contribution in [0.3, 0.4) is 0 Å². The van der Waals surface area contributed by atoms with Crippen LogP contribution in [0, 0.1) is 0 Å². The third-order valence-electron chi connectivity index (χ3n) is 3.14. The van der Waals surface area contributed by atoms with Crippen molar-refractivity contribution < 1.29 is 16.8 Å². The zero-order chi connectivity index (χ0) is 23.7. The molecule has 2 aromatic heterocycles. The van der Waals surface area contributed by atoms with E-state index in [-0.39, 0.29) is 14.8 Å². The van der Waals surface area contributed by atoms with E-state index in [1.54, 1.807) is 12.3 Å². The molecule has 0 aliphatic carbocycles. The Balaban J connectivity index is 0.000000317. The largest absolute Gasteiger partial charge is 0.263 e. The average Bonchev–Trinajstić information content (AvgIpc) is 2.71. The van der Waals surface area contributed by atoms with Crippen LogP contribution in [0.15, 0.2) is 85.2 Å². The lowest BCUT2D eigenvalue weighted by Gasteiger charge is -2.06. The van der Waals surface area contributed by atoms with E-state index < -0.39 is 20.0 Å². The van der Waals surface area contributed by atoms with E-state index in [1.807, 2.05) is 24.3 Å². The van der Waals surface area contributed by atoms with Crippen LogP contribution in [0.5, 0.6) is 0 Å². The van der Waals surface area contributed by atoms with E-state index in [1.165, 1.54) is 36.4 Å². The Kier molecular flexibility index (Phi) is 11.4. The summed E-state index contributed by atoms with van der Waals surface area (Å²) in [5.74, 6) is 0. The van der Waals surface area contributed by atoms with E-state index in [4.69, 9.17) is 21.9 Å². The number of thiol groups is 1. The first kappa shape index (κ1) is 27.8. The summed E-state index contributed by atoms with van der Waals surface area (Å²) < 4.78 is 45.2. The number of pyridine rings is 2. The van der Waals surface area contributed by atoms with Gasteiger partial charge in [-0.2, -0.15) is 12.6 Å². The number of rotatable bonds is 4. The maximum Gasteiger partial charge on any atom is 0.241 e. The molecule has 0 fully saturated rings. The van der Waals surface area contributed by atoms with Crippen molar-refractivity contribution in [2.45, 2.75) is 19.6 Å². The molecule has 3 rings (SSSR count). The number of sulfonamides is 2. The summed E-state index contributed by atoms with van der Waals surface area (Å²) in [5, 5.41) is 10.0. The van der Waals surface area contributed by atoms with Gasteiger partial charge in [-0.25, -0.2) is 27.1 Å². The van der Waals surface area contributed by atoms with E-state index in [0.717, 1.165) is 15.6 Å². The zero-order valence-electron chi connectivity index (χ0n) is 15.9. The van der Waals surface area contributed by atoms with Crippen molar-refractivity contribution in [1.29, 1.82) is 0 Å². The second-order valence-electron chi connectivity index (χ2n) is 5.27. The topological polar surface area (TPSA) is 146 Å². The van der Waals surface area contributed by atoms with Gasteiger partial charge in [-0.1, -0.05) is 39.3 Å². The number of primary sulfonamides is 2. The summed E-state index contributed by atoms with van der Waals surface area (Å²) in [6.45, 7) is 0. The number of hydrogen-bond donors (Lipinski definition) is 3. The molecular formula is C17H18BrClN4O4S4. The van der Waals surface area contributed by atoms with Gasteiger partial charge in [-0.15, -0.1) is 0 Å². The van der Waals surface area contributed by atoms with Gasteiger partial charge in [0, 0.05) is 39.1 Å². The average molecular weight is 586 g/mol. The Hall–Kier alpha value is -1.19. The molecule has 0 saturated heterocycles. The van der Waals surface area contributed by atoms with Crippen molar-refractivity contribution in [2.24, 2.45) is 10.3 Å². The second-order valence-corrected chi connectivity index (χ2v) is 10.8. The van der Waals surface area contributed by atoms with Crippen LogP contribution in [-0.4, -0.2) is 33.1 Å². The fourth-order valence-electron chi connectivity index (χ4n) is 1.87. The van der Waals surface area contributed by atoms with E-state index in [0.29, 0.717) is 4.90 Å². The summed E-state index contributed by atoms with van der Waals surface area (Å²) >= 11 is 13.7. The Morgan fingerprint density at radius 2 is 1.35 bits per heavy atom. The third-order valence-corrected chi connectivity index (χ3v) is 7.20.